The second-order valence-corrected chi connectivity index (χ2v) is 4.91. The number of benzene rings is 2. The minimum atomic E-state index is -0.265. The standard InChI is InChI=1S/C14H7FN2OS/c15-10-3-6-12-13(7-10)19-14(17-12)9-1-4-11(5-2-9)16-8-18/h1-7H. The average molecular weight is 270 g/mol. The largest absolute Gasteiger partial charge is 0.240 e. The van der Waals surface area contributed by atoms with Gasteiger partial charge in [0, 0.05) is 5.56 Å². The van der Waals surface area contributed by atoms with Crippen LogP contribution in [0.25, 0.3) is 20.8 Å². The Morgan fingerprint density at radius 3 is 2.68 bits per heavy atom. The lowest BCUT2D eigenvalue weighted by Gasteiger charge is -1.95. The zero-order valence-electron chi connectivity index (χ0n) is 9.63. The van der Waals surface area contributed by atoms with E-state index in [1.54, 1.807) is 18.2 Å². The fraction of sp³-hybridized carbons (Fsp3) is 0. The van der Waals surface area contributed by atoms with Crippen LogP contribution < -0.4 is 0 Å². The number of hydrogen-bond acceptors (Lipinski definition) is 4. The summed E-state index contributed by atoms with van der Waals surface area (Å²) in [6.07, 6.45) is 1.49. The number of carbonyl (C=O) groups excluding carboxylic acids is 1. The molecule has 0 saturated heterocycles. The molecule has 2 aromatic carbocycles. The van der Waals surface area contributed by atoms with E-state index in [4.69, 9.17) is 0 Å². The van der Waals surface area contributed by atoms with Crippen LogP contribution in [0.2, 0.25) is 0 Å². The van der Waals surface area contributed by atoms with E-state index < -0.39 is 0 Å². The maximum absolute atomic E-state index is 13.1. The molecule has 19 heavy (non-hydrogen) atoms. The molecule has 0 radical (unpaired) electrons. The fourth-order valence-corrected chi connectivity index (χ4v) is 2.75. The van der Waals surface area contributed by atoms with Crippen molar-refractivity contribution in [3.8, 4) is 10.6 Å². The van der Waals surface area contributed by atoms with E-state index in [-0.39, 0.29) is 5.82 Å². The van der Waals surface area contributed by atoms with E-state index in [9.17, 15) is 9.18 Å². The van der Waals surface area contributed by atoms with Gasteiger partial charge in [-0.3, -0.25) is 0 Å². The molecule has 5 heteroatoms. The number of aliphatic imine (C=N–C) groups is 1. The molecule has 3 aromatic rings. The highest BCUT2D eigenvalue weighted by Gasteiger charge is 2.06. The summed E-state index contributed by atoms with van der Waals surface area (Å²) in [5, 5.41) is 0.808. The third-order valence-electron chi connectivity index (χ3n) is 2.64. The molecule has 0 aliphatic carbocycles. The fourth-order valence-electron chi connectivity index (χ4n) is 1.75. The molecule has 0 fully saturated rings. The Morgan fingerprint density at radius 1 is 1.16 bits per heavy atom. The van der Waals surface area contributed by atoms with Gasteiger partial charge >= 0.3 is 0 Å². The summed E-state index contributed by atoms with van der Waals surface area (Å²) in [6.45, 7) is 0. The van der Waals surface area contributed by atoms with Crippen molar-refractivity contribution < 1.29 is 9.18 Å². The summed E-state index contributed by atoms with van der Waals surface area (Å²) in [7, 11) is 0. The SMILES string of the molecule is O=C=Nc1ccc(-c2nc3ccc(F)cc3s2)cc1. The van der Waals surface area contributed by atoms with Crippen molar-refractivity contribution in [2.24, 2.45) is 4.99 Å². The van der Waals surface area contributed by atoms with Crippen molar-refractivity contribution in [2.75, 3.05) is 0 Å². The van der Waals surface area contributed by atoms with Crippen molar-refractivity contribution >= 4 is 33.3 Å². The summed E-state index contributed by atoms with van der Waals surface area (Å²) < 4.78 is 13.9. The van der Waals surface area contributed by atoms with Crippen LogP contribution in [0.4, 0.5) is 10.1 Å². The van der Waals surface area contributed by atoms with E-state index in [0.717, 1.165) is 20.8 Å². The molecule has 0 aliphatic rings. The first kappa shape index (κ1) is 11.7. The molecule has 0 bridgehead atoms. The molecule has 0 N–H and O–H groups in total. The number of halogens is 1. The lowest BCUT2D eigenvalue weighted by molar-refractivity contribution is 0.565. The van der Waals surface area contributed by atoms with Crippen molar-refractivity contribution in [3.63, 3.8) is 0 Å². The van der Waals surface area contributed by atoms with Crippen LogP contribution in [0, 0.1) is 5.82 Å². The van der Waals surface area contributed by atoms with Gasteiger partial charge in [-0.15, -0.1) is 11.3 Å². The highest BCUT2D eigenvalue weighted by Crippen LogP contribution is 2.31. The number of rotatable bonds is 2. The molecular formula is C14H7FN2OS. The third kappa shape index (κ3) is 2.29. The molecule has 0 atom stereocenters. The van der Waals surface area contributed by atoms with Gasteiger partial charge in [0.15, 0.2) is 0 Å². The number of nitrogens with zero attached hydrogens (tertiary/aromatic N) is 2. The van der Waals surface area contributed by atoms with E-state index in [2.05, 4.69) is 9.98 Å². The van der Waals surface area contributed by atoms with Gasteiger partial charge in [0.2, 0.25) is 6.08 Å². The average Bonchev–Trinajstić information content (AvgIpc) is 2.83. The number of isocyanates is 1. The van der Waals surface area contributed by atoms with Crippen molar-refractivity contribution in [2.45, 2.75) is 0 Å². The lowest BCUT2D eigenvalue weighted by Crippen LogP contribution is -1.75. The Hall–Kier alpha value is -2.36. The van der Waals surface area contributed by atoms with Crippen molar-refractivity contribution in [3.05, 3.63) is 48.3 Å². The quantitative estimate of drug-likeness (QED) is 0.520. The Bertz CT molecular complexity index is 789. The monoisotopic (exact) mass is 270 g/mol. The Morgan fingerprint density at radius 2 is 1.95 bits per heavy atom. The first-order chi connectivity index (χ1) is 9.26. The maximum Gasteiger partial charge on any atom is 0.240 e. The van der Waals surface area contributed by atoms with Crippen molar-refractivity contribution in [1.82, 2.24) is 4.98 Å². The lowest BCUT2D eigenvalue weighted by atomic mass is 10.2. The number of aromatic nitrogens is 1. The van der Waals surface area contributed by atoms with Crippen LogP contribution >= 0.6 is 11.3 Å². The molecule has 0 unspecified atom stereocenters. The van der Waals surface area contributed by atoms with E-state index in [1.807, 2.05) is 12.1 Å². The van der Waals surface area contributed by atoms with E-state index in [1.165, 1.54) is 29.5 Å². The summed E-state index contributed by atoms with van der Waals surface area (Å²) in [4.78, 5) is 18.1. The van der Waals surface area contributed by atoms with E-state index >= 15 is 0 Å². The van der Waals surface area contributed by atoms with Crippen LogP contribution in [0.15, 0.2) is 47.5 Å². The van der Waals surface area contributed by atoms with Crippen LogP contribution in [0.1, 0.15) is 0 Å². The van der Waals surface area contributed by atoms with Crippen LogP contribution in [-0.2, 0) is 4.79 Å². The van der Waals surface area contributed by atoms with Gasteiger partial charge in [0.25, 0.3) is 0 Å². The molecule has 3 nitrogen and oxygen atoms in total. The molecular weight excluding hydrogens is 263 g/mol. The van der Waals surface area contributed by atoms with Gasteiger partial charge in [0.05, 0.1) is 15.9 Å². The zero-order valence-corrected chi connectivity index (χ0v) is 10.4. The number of fused-ring (bicyclic) bond motifs is 1. The van der Waals surface area contributed by atoms with Crippen molar-refractivity contribution in [1.29, 1.82) is 0 Å². The van der Waals surface area contributed by atoms with Gasteiger partial charge in [-0.2, -0.15) is 4.99 Å². The topological polar surface area (TPSA) is 42.3 Å². The second-order valence-electron chi connectivity index (χ2n) is 3.88. The predicted molar refractivity (Wildman–Crippen MR) is 72.8 cm³/mol. The maximum atomic E-state index is 13.1. The molecule has 0 saturated carbocycles. The number of hydrogen-bond donors (Lipinski definition) is 0. The smallest absolute Gasteiger partial charge is 0.236 e. The Kier molecular flexibility index (Phi) is 2.91. The van der Waals surface area contributed by atoms with Gasteiger partial charge in [-0.25, -0.2) is 14.2 Å². The minimum absolute atomic E-state index is 0.265. The summed E-state index contributed by atoms with van der Waals surface area (Å²) in [6, 6.07) is 11.6. The molecule has 3 rings (SSSR count). The first-order valence-electron chi connectivity index (χ1n) is 5.51. The molecule has 1 heterocycles. The Labute approximate surface area is 112 Å². The minimum Gasteiger partial charge on any atom is -0.236 e. The normalized spacial score (nSPS) is 10.4. The van der Waals surface area contributed by atoms with Gasteiger partial charge in [-0.05, 0) is 42.5 Å². The van der Waals surface area contributed by atoms with Gasteiger partial charge in [-0.1, -0.05) is 0 Å². The highest BCUT2D eigenvalue weighted by molar-refractivity contribution is 7.21. The van der Waals surface area contributed by atoms with Gasteiger partial charge < -0.3 is 0 Å². The van der Waals surface area contributed by atoms with E-state index in [0.29, 0.717) is 5.69 Å². The molecule has 0 aliphatic heterocycles. The summed E-state index contributed by atoms with van der Waals surface area (Å²) in [5.74, 6) is -0.265. The van der Waals surface area contributed by atoms with Crippen LogP contribution in [0.5, 0.6) is 0 Å². The summed E-state index contributed by atoms with van der Waals surface area (Å²) >= 11 is 1.42. The zero-order chi connectivity index (χ0) is 13.2. The second kappa shape index (κ2) is 4.72. The molecule has 92 valence electrons. The third-order valence-corrected chi connectivity index (χ3v) is 3.71. The summed E-state index contributed by atoms with van der Waals surface area (Å²) in [5.41, 5.74) is 2.23. The molecule has 0 amide bonds. The molecule has 0 spiro atoms. The highest BCUT2D eigenvalue weighted by atomic mass is 32.1. The number of thiazole rings is 1. The first-order valence-corrected chi connectivity index (χ1v) is 6.32. The van der Waals surface area contributed by atoms with Crippen LogP contribution in [0.3, 0.4) is 0 Å². The van der Waals surface area contributed by atoms with Crippen LogP contribution in [-0.4, -0.2) is 11.1 Å². The van der Waals surface area contributed by atoms with Gasteiger partial charge in [0.1, 0.15) is 10.8 Å². The molecule has 1 aromatic heterocycles. The Balaban J connectivity index is 2.05. The predicted octanol–water partition coefficient (Wildman–Crippen LogP) is 4.07.